The first-order valence-corrected chi connectivity index (χ1v) is 9.43. The smallest absolute Gasteiger partial charge is 0.317 e. The van der Waals surface area contributed by atoms with Crippen LogP contribution in [-0.2, 0) is 9.53 Å². The second-order valence-electron chi connectivity index (χ2n) is 7.95. The maximum Gasteiger partial charge on any atom is 0.317 e. The van der Waals surface area contributed by atoms with Gasteiger partial charge in [0.05, 0.1) is 12.6 Å². The van der Waals surface area contributed by atoms with Gasteiger partial charge in [-0.25, -0.2) is 4.79 Å². The third-order valence-electron chi connectivity index (χ3n) is 5.47. The topological polar surface area (TPSA) is 90.9 Å². The molecule has 3 N–H and O–H groups in total. The largest absolute Gasteiger partial charge is 0.480 e. The Morgan fingerprint density at radius 2 is 2.00 bits per heavy atom. The number of carbonyl (C=O) groups excluding carboxylic acids is 1. The maximum absolute atomic E-state index is 12.1. The maximum atomic E-state index is 12.1. The summed E-state index contributed by atoms with van der Waals surface area (Å²) < 4.78 is 5.85. The number of carboxylic acid groups (broad SMARTS) is 1. The van der Waals surface area contributed by atoms with E-state index < -0.39 is 5.97 Å². The molecule has 1 atom stereocenters. The van der Waals surface area contributed by atoms with Crippen molar-refractivity contribution in [3.05, 3.63) is 0 Å². The minimum absolute atomic E-state index is 0.0651. The highest BCUT2D eigenvalue weighted by molar-refractivity contribution is 5.74. The zero-order valence-corrected chi connectivity index (χ0v) is 15.7. The molecule has 0 aromatic heterocycles. The van der Waals surface area contributed by atoms with Gasteiger partial charge in [-0.2, -0.15) is 0 Å². The number of aliphatic carboxylic acids is 1. The Labute approximate surface area is 150 Å². The summed E-state index contributed by atoms with van der Waals surface area (Å²) in [6, 6.07) is 0.231. The summed E-state index contributed by atoms with van der Waals surface area (Å²) in [4.78, 5) is 24.9. The average molecular weight is 355 g/mol. The molecule has 1 saturated carbocycles. The lowest BCUT2D eigenvalue weighted by molar-refractivity contribution is -0.139. The van der Waals surface area contributed by atoms with Crippen LogP contribution in [0.2, 0.25) is 0 Å². The van der Waals surface area contributed by atoms with Crippen molar-refractivity contribution in [1.29, 1.82) is 0 Å². The Kier molecular flexibility index (Phi) is 7.07. The van der Waals surface area contributed by atoms with Crippen molar-refractivity contribution < 1.29 is 19.4 Å². The van der Waals surface area contributed by atoms with Gasteiger partial charge in [-0.15, -0.1) is 0 Å². The van der Waals surface area contributed by atoms with Crippen molar-refractivity contribution in [3.63, 3.8) is 0 Å². The Hall–Kier alpha value is -1.34. The third-order valence-corrected chi connectivity index (χ3v) is 5.47. The molecule has 2 fully saturated rings. The van der Waals surface area contributed by atoms with E-state index in [4.69, 9.17) is 9.84 Å². The number of hydrogen-bond acceptors (Lipinski definition) is 4. The van der Waals surface area contributed by atoms with Gasteiger partial charge in [-0.1, -0.05) is 20.8 Å². The number of carbonyl (C=O) groups is 2. The molecule has 2 amide bonds. The molecular weight excluding hydrogens is 322 g/mol. The molecular formula is C18H33N3O4. The Bertz CT molecular complexity index is 457. The standard InChI is InChI=1S/C18H33N3O4/c1-4-21(11-16(22)23)14-9-13(10-14)20-17(24)19-12-18(2,3)15-7-5-6-8-25-15/h13-15H,4-12H2,1-3H3,(H,22,23)(H2,19,20,24). The number of hydrogen-bond donors (Lipinski definition) is 3. The molecule has 1 aliphatic carbocycles. The highest BCUT2D eigenvalue weighted by Gasteiger charge is 2.35. The van der Waals surface area contributed by atoms with E-state index in [0.29, 0.717) is 13.1 Å². The highest BCUT2D eigenvalue weighted by atomic mass is 16.5. The molecule has 25 heavy (non-hydrogen) atoms. The number of nitrogens with one attached hydrogen (secondary N) is 2. The lowest BCUT2D eigenvalue weighted by Crippen LogP contribution is -2.57. The SMILES string of the molecule is CCN(CC(=O)O)C1CC(NC(=O)NCC(C)(C)C2CCCCO2)C1. The highest BCUT2D eigenvalue weighted by Crippen LogP contribution is 2.30. The second kappa shape index (κ2) is 8.85. The number of carboxylic acids is 1. The molecule has 1 aliphatic heterocycles. The molecule has 1 saturated heterocycles. The molecule has 0 bridgehead atoms. The van der Waals surface area contributed by atoms with Gasteiger partial charge in [0.25, 0.3) is 0 Å². The molecule has 0 radical (unpaired) electrons. The Morgan fingerprint density at radius 1 is 1.28 bits per heavy atom. The fraction of sp³-hybridized carbons (Fsp3) is 0.889. The first-order valence-electron chi connectivity index (χ1n) is 9.43. The number of rotatable bonds is 8. The summed E-state index contributed by atoms with van der Waals surface area (Å²) in [7, 11) is 0. The number of amides is 2. The van der Waals surface area contributed by atoms with E-state index in [1.807, 2.05) is 11.8 Å². The molecule has 0 aromatic rings. The van der Waals surface area contributed by atoms with Crippen LogP contribution < -0.4 is 10.6 Å². The van der Waals surface area contributed by atoms with Gasteiger partial charge in [0, 0.05) is 30.7 Å². The number of nitrogens with zero attached hydrogens (tertiary/aromatic N) is 1. The van der Waals surface area contributed by atoms with Crippen molar-refractivity contribution in [2.75, 3.05) is 26.2 Å². The summed E-state index contributed by atoms with van der Waals surface area (Å²) in [6.07, 6.45) is 5.18. The van der Waals surface area contributed by atoms with Crippen molar-refractivity contribution in [3.8, 4) is 0 Å². The predicted molar refractivity (Wildman–Crippen MR) is 95.6 cm³/mol. The lowest BCUT2D eigenvalue weighted by atomic mass is 9.82. The Morgan fingerprint density at radius 3 is 2.56 bits per heavy atom. The van der Waals surface area contributed by atoms with E-state index in [-0.39, 0.29) is 36.2 Å². The summed E-state index contributed by atoms with van der Waals surface area (Å²) in [5.74, 6) is -0.803. The van der Waals surface area contributed by atoms with Gasteiger partial charge >= 0.3 is 12.0 Å². The molecule has 0 spiro atoms. The second-order valence-corrected chi connectivity index (χ2v) is 7.95. The van der Waals surface area contributed by atoms with Crippen LogP contribution in [0.4, 0.5) is 4.79 Å². The minimum Gasteiger partial charge on any atom is -0.480 e. The first kappa shape index (κ1) is 20.0. The molecule has 7 nitrogen and oxygen atoms in total. The molecule has 144 valence electrons. The summed E-state index contributed by atoms with van der Waals surface area (Å²) in [5, 5.41) is 14.9. The zero-order chi connectivity index (χ0) is 18.4. The van der Waals surface area contributed by atoms with Gasteiger partial charge < -0.3 is 20.5 Å². The minimum atomic E-state index is -0.803. The summed E-state index contributed by atoms with van der Waals surface area (Å²) in [6.45, 7) is 8.40. The van der Waals surface area contributed by atoms with Crippen molar-refractivity contribution in [2.45, 2.75) is 71.1 Å². The summed E-state index contributed by atoms with van der Waals surface area (Å²) >= 11 is 0. The quantitative estimate of drug-likeness (QED) is 0.618. The first-order chi connectivity index (χ1) is 11.8. The van der Waals surface area contributed by atoms with Gasteiger partial charge in [-0.05, 0) is 38.6 Å². The normalized spacial score (nSPS) is 26.8. The van der Waals surface area contributed by atoms with Crippen molar-refractivity contribution >= 4 is 12.0 Å². The lowest BCUT2D eigenvalue weighted by Gasteiger charge is -2.42. The van der Waals surface area contributed by atoms with Crippen LogP contribution in [0.1, 0.15) is 52.9 Å². The van der Waals surface area contributed by atoms with Gasteiger partial charge in [0.1, 0.15) is 0 Å². The molecule has 1 unspecified atom stereocenters. The van der Waals surface area contributed by atoms with Gasteiger partial charge in [0.15, 0.2) is 0 Å². The predicted octanol–water partition coefficient (Wildman–Crippen LogP) is 1.82. The van der Waals surface area contributed by atoms with Crippen molar-refractivity contribution in [2.24, 2.45) is 5.41 Å². The zero-order valence-electron chi connectivity index (χ0n) is 15.7. The van der Waals surface area contributed by atoms with E-state index in [9.17, 15) is 9.59 Å². The molecule has 2 aliphatic rings. The number of likely N-dealkylation sites (N-methyl/N-ethyl adjacent to an activating group) is 1. The molecule has 0 aromatic carbocycles. The van der Waals surface area contributed by atoms with Crippen molar-refractivity contribution in [1.82, 2.24) is 15.5 Å². The van der Waals surface area contributed by atoms with Crippen LogP contribution in [0, 0.1) is 5.41 Å². The Balaban J connectivity index is 1.67. The van der Waals surface area contributed by atoms with Crippen LogP contribution >= 0.6 is 0 Å². The van der Waals surface area contributed by atoms with E-state index in [0.717, 1.165) is 32.3 Å². The average Bonchev–Trinajstić information content (AvgIpc) is 2.55. The fourth-order valence-electron chi connectivity index (χ4n) is 3.69. The van der Waals surface area contributed by atoms with Crippen LogP contribution in [0.15, 0.2) is 0 Å². The van der Waals surface area contributed by atoms with Crippen LogP contribution in [0.3, 0.4) is 0 Å². The monoisotopic (exact) mass is 355 g/mol. The van der Waals surface area contributed by atoms with Gasteiger partial charge in [-0.3, -0.25) is 9.69 Å². The molecule has 2 rings (SSSR count). The molecule has 7 heteroatoms. The van der Waals surface area contributed by atoms with Crippen LogP contribution in [0.25, 0.3) is 0 Å². The number of ether oxygens (including phenoxy) is 1. The molecule has 1 heterocycles. The third kappa shape index (κ3) is 5.85. The van der Waals surface area contributed by atoms with E-state index in [1.165, 1.54) is 6.42 Å². The van der Waals surface area contributed by atoms with E-state index in [2.05, 4.69) is 24.5 Å². The van der Waals surface area contributed by atoms with E-state index >= 15 is 0 Å². The summed E-state index contributed by atoms with van der Waals surface area (Å²) in [5.41, 5.74) is -0.0829. The number of urea groups is 1. The van der Waals surface area contributed by atoms with Gasteiger partial charge in [0.2, 0.25) is 0 Å². The fourth-order valence-corrected chi connectivity index (χ4v) is 3.69. The van der Waals surface area contributed by atoms with Crippen LogP contribution in [-0.4, -0.2) is 66.4 Å². The van der Waals surface area contributed by atoms with Crippen LogP contribution in [0.5, 0.6) is 0 Å². The van der Waals surface area contributed by atoms with E-state index in [1.54, 1.807) is 0 Å².